The first-order valence-electron chi connectivity index (χ1n) is 8.02. The summed E-state index contributed by atoms with van der Waals surface area (Å²) in [5.74, 6) is -0.218. The third-order valence-electron chi connectivity index (χ3n) is 4.03. The first-order chi connectivity index (χ1) is 11.8. The van der Waals surface area contributed by atoms with E-state index in [1.165, 1.54) is 0 Å². The van der Waals surface area contributed by atoms with Crippen molar-refractivity contribution in [1.82, 2.24) is 0 Å². The van der Waals surface area contributed by atoms with E-state index in [2.05, 4.69) is 0 Å². The largest absolute Gasteiger partial charge is 0.494 e. The van der Waals surface area contributed by atoms with Crippen LogP contribution in [0.25, 0.3) is 0 Å². The Hall–Kier alpha value is -2.33. The molecule has 0 saturated heterocycles. The number of ether oxygens (including phenoxy) is 1. The molecule has 0 spiro atoms. The minimum Gasteiger partial charge on any atom is -0.494 e. The second kappa shape index (κ2) is 8.17. The zero-order chi connectivity index (χ0) is 18.4. The van der Waals surface area contributed by atoms with Crippen LogP contribution in [0.1, 0.15) is 36.2 Å². The lowest BCUT2D eigenvalue weighted by atomic mass is 9.90. The summed E-state index contributed by atoms with van der Waals surface area (Å²) in [5.41, 5.74) is 0.688. The van der Waals surface area contributed by atoms with Crippen LogP contribution in [0.3, 0.4) is 0 Å². The highest BCUT2D eigenvalue weighted by molar-refractivity contribution is 6.30. The van der Waals surface area contributed by atoms with E-state index in [-0.39, 0.29) is 5.78 Å². The number of carboxylic acid groups (broad SMARTS) is 1. The maximum absolute atomic E-state index is 12.3. The van der Waals surface area contributed by atoms with Crippen LogP contribution in [0, 0.1) is 5.41 Å². The average Bonchev–Trinajstić information content (AvgIpc) is 2.57. The third-order valence-corrected chi connectivity index (χ3v) is 4.28. The highest BCUT2D eigenvalue weighted by atomic mass is 35.5. The Morgan fingerprint density at radius 3 is 2.20 bits per heavy atom. The van der Waals surface area contributed by atoms with Crippen LogP contribution in [0.4, 0.5) is 0 Å². The Balaban J connectivity index is 1.89. The Morgan fingerprint density at radius 1 is 1.04 bits per heavy atom. The van der Waals surface area contributed by atoms with Crippen LogP contribution in [0.5, 0.6) is 5.75 Å². The van der Waals surface area contributed by atoms with Gasteiger partial charge in [-0.25, -0.2) is 0 Å². The van der Waals surface area contributed by atoms with Crippen molar-refractivity contribution in [2.75, 3.05) is 6.61 Å². The van der Waals surface area contributed by atoms with Crippen molar-refractivity contribution in [1.29, 1.82) is 0 Å². The lowest BCUT2D eigenvalue weighted by molar-refractivity contribution is -0.147. The van der Waals surface area contributed by atoms with E-state index in [0.717, 1.165) is 5.56 Å². The van der Waals surface area contributed by atoms with Crippen LogP contribution in [0.15, 0.2) is 48.5 Å². The molecule has 0 amide bonds. The van der Waals surface area contributed by atoms with Crippen molar-refractivity contribution >= 4 is 23.4 Å². The van der Waals surface area contributed by atoms with Gasteiger partial charge in [0.2, 0.25) is 0 Å². The van der Waals surface area contributed by atoms with E-state index in [1.807, 2.05) is 12.1 Å². The zero-order valence-corrected chi connectivity index (χ0v) is 15.0. The maximum Gasteiger partial charge on any atom is 0.309 e. The second-order valence-corrected chi connectivity index (χ2v) is 6.97. The lowest BCUT2D eigenvalue weighted by Gasteiger charge is -2.18. The summed E-state index contributed by atoms with van der Waals surface area (Å²) in [7, 11) is 0. The number of ketones is 1. The van der Waals surface area contributed by atoms with E-state index < -0.39 is 11.4 Å². The number of carbonyl (C=O) groups excluding carboxylic acids is 1. The van der Waals surface area contributed by atoms with Gasteiger partial charge in [-0.1, -0.05) is 23.7 Å². The highest BCUT2D eigenvalue weighted by Gasteiger charge is 2.26. The summed E-state index contributed by atoms with van der Waals surface area (Å²) in [6, 6.07) is 14.1. The molecule has 0 radical (unpaired) electrons. The molecule has 0 bridgehead atoms. The topological polar surface area (TPSA) is 63.6 Å². The molecule has 132 valence electrons. The van der Waals surface area contributed by atoms with Gasteiger partial charge in [-0.3, -0.25) is 9.59 Å². The van der Waals surface area contributed by atoms with Gasteiger partial charge in [-0.2, -0.15) is 0 Å². The summed E-state index contributed by atoms with van der Waals surface area (Å²) in [4.78, 5) is 23.3. The molecule has 0 aliphatic carbocycles. The van der Waals surface area contributed by atoms with Crippen LogP contribution < -0.4 is 4.74 Å². The van der Waals surface area contributed by atoms with E-state index in [4.69, 9.17) is 21.4 Å². The van der Waals surface area contributed by atoms with Crippen molar-refractivity contribution in [2.45, 2.75) is 26.7 Å². The van der Waals surface area contributed by atoms with Crippen molar-refractivity contribution in [2.24, 2.45) is 5.41 Å². The number of carboxylic acids is 1. The molecule has 2 aromatic rings. The minimum absolute atomic E-state index is 0.0147. The number of hydrogen-bond donors (Lipinski definition) is 1. The predicted molar refractivity (Wildman–Crippen MR) is 97.5 cm³/mol. The second-order valence-electron chi connectivity index (χ2n) is 6.54. The molecule has 0 fully saturated rings. The molecule has 1 N–H and O–H groups in total. The fraction of sp³-hybridized carbons (Fsp3) is 0.300. The first kappa shape index (κ1) is 19.0. The van der Waals surface area contributed by atoms with Crippen LogP contribution in [-0.4, -0.2) is 23.5 Å². The summed E-state index contributed by atoms with van der Waals surface area (Å²) in [6.07, 6.45) is 0.712. The molecule has 0 aliphatic rings. The normalized spacial score (nSPS) is 11.2. The van der Waals surface area contributed by atoms with E-state index in [1.54, 1.807) is 50.2 Å². The van der Waals surface area contributed by atoms with Gasteiger partial charge in [0.05, 0.1) is 12.0 Å². The van der Waals surface area contributed by atoms with Gasteiger partial charge in [0, 0.05) is 17.0 Å². The number of benzene rings is 2. The first-order valence-corrected chi connectivity index (χ1v) is 8.39. The average molecular weight is 361 g/mol. The smallest absolute Gasteiger partial charge is 0.309 e. The highest BCUT2D eigenvalue weighted by Crippen LogP contribution is 2.22. The zero-order valence-electron chi connectivity index (χ0n) is 14.3. The summed E-state index contributed by atoms with van der Waals surface area (Å²) < 4.78 is 5.57. The maximum atomic E-state index is 12.3. The van der Waals surface area contributed by atoms with Gasteiger partial charge in [0.1, 0.15) is 5.75 Å². The molecule has 5 heteroatoms. The summed E-state index contributed by atoms with van der Waals surface area (Å²) in [5, 5.41) is 9.71. The quantitative estimate of drug-likeness (QED) is 0.696. The molecule has 4 nitrogen and oxygen atoms in total. The molecule has 0 aromatic heterocycles. The number of aliphatic carboxylic acids is 1. The number of Topliss-reactive ketones (excluding diaryl/α,β-unsaturated/α-hetero) is 1. The lowest BCUT2D eigenvalue weighted by Crippen LogP contribution is -2.25. The Labute approximate surface area is 152 Å². The monoisotopic (exact) mass is 360 g/mol. The van der Waals surface area contributed by atoms with Crippen molar-refractivity contribution in [3.8, 4) is 5.75 Å². The van der Waals surface area contributed by atoms with Crippen molar-refractivity contribution in [3.05, 3.63) is 64.7 Å². The van der Waals surface area contributed by atoms with Gasteiger partial charge >= 0.3 is 5.97 Å². The van der Waals surface area contributed by atoms with Gasteiger partial charge in [0.25, 0.3) is 0 Å². The molecular formula is C20H21ClO4. The SMILES string of the molecule is CC(C)(CCOc1ccc(C(=O)Cc2ccc(Cl)cc2)cc1)C(=O)O. The van der Waals surface area contributed by atoms with E-state index in [0.29, 0.717) is 35.8 Å². The Kier molecular flexibility index (Phi) is 6.21. The van der Waals surface area contributed by atoms with E-state index in [9.17, 15) is 9.59 Å². The summed E-state index contributed by atoms with van der Waals surface area (Å²) >= 11 is 5.84. The summed E-state index contributed by atoms with van der Waals surface area (Å²) in [6.45, 7) is 3.63. The van der Waals surface area contributed by atoms with Gasteiger partial charge in [-0.15, -0.1) is 0 Å². The van der Waals surface area contributed by atoms with Crippen LogP contribution in [0.2, 0.25) is 5.02 Å². The van der Waals surface area contributed by atoms with Gasteiger partial charge in [0.15, 0.2) is 5.78 Å². The molecule has 0 heterocycles. The standard InChI is InChI=1S/C20H21ClO4/c1-20(2,19(23)24)11-12-25-17-9-5-15(6-10-17)18(22)13-14-3-7-16(21)8-4-14/h3-10H,11-13H2,1-2H3,(H,23,24). The molecule has 2 aromatic carbocycles. The van der Waals surface area contributed by atoms with Gasteiger partial charge in [-0.05, 0) is 62.2 Å². The molecule has 0 unspecified atom stereocenters. The molecular weight excluding hydrogens is 340 g/mol. The molecule has 0 atom stereocenters. The number of halogens is 1. The van der Waals surface area contributed by atoms with Crippen LogP contribution in [-0.2, 0) is 11.2 Å². The predicted octanol–water partition coefficient (Wildman–Crippen LogP) is 4.65. The van der Waals surface area contributed by atoms with E-state index >= 15 is 0 Å². The molecule has 0 aliphatic heterocycles. The third kappa shape index (κ3) is 5.61. The molecule has 0 saturated carbocycles. The fourth-order valence-corrected chi connectivity index (χ4v) is 2.28. The molecule has 2 rings (SSSR count). The number of hydrogen-bond acceptors (Lipinski definition) is 3. The Bertz CT molecular complexity index is 733. The van der Waals surface area contributed by atoms with Gasteiger partial charge < -0.3 is 9.84 Å². The van der Waals surface area contributed by atoms with Crippen LogP contribution >= 0.6 is 11.6 Å². The minimum atomic E-state index is -0.848. The molecule has 25 heavy (non-hydrogen) atoms. The number of carbonyl (C=O) groups is 2. The Morgan fingerprint density at radius 2 is 1.64 bits per heavy atom. The number of rotatable bonds is 8. The van der Waals surface area contributed by atoms with Crippen molar-refractivity contribution < 1.29 is 19.4 Å². The van der Waals surface area contributed by atoms with Crippen molar-refractivity contribution in [3.63, 3.8) is 0 Å². The fourth-order valence-electron chi connectivity index (χ4n) is 2.16.